The maximum Gasteiger partial charge on any atom is 0.337 e. The van der Waals surface area contributed by atoms with Crippen LogP contribution in [0.5, 0.6) is 0 Å². The lowest BCUT2D eigenvalue weighted by Gasteiger charge is -2.18. The molecule has 2 aromatic carbocycles. The van der Waals surface area contributed by atoms with Crippen molar-refractivity contribution >= 4 is 34.5 Å². The van der Waals surface area contributed by atoms with E-state index in [1.165, 1.54) is 24.9 Å². The highest BCUT2D eigenvalue weighted by Crippen LogP contribution is 2.20. The number of carbonyl (C=O) groups excluding carboxylic acids is 2. The summed E-state index contributed by atoms with van der Waals surface area (Å²) in [6.45, 7) is 1.40. The van der Waals surface area contributed by atoms with E-state index in [9.17, 15) is 14.4 Å². The van der Waals surface area contributed by atoms with E-state index in [4.69, 9.17) is 9.47 Å². The van der Waals surface area contributed by atoms with E-state index in [1.807, 2.05) is 30.3 Å². The first-order valence-corrected chi connectivity index (χ1v) is 11.5. The van der Waals surface area contributed by atoms with Gasteiger partial charge in [0, 0.05) is 33.9 Å². The summed E-state index contributed by atoms with van der Waals surface area (Å²) < 4.78 is 11.5. The highest BCUT2D eigenvalue weighted by molar-refractivity contribution is 7.99. The molecule has 0 saturated heterocycles. The number of esters is 1. The third kappa shape index (κ3) is 6.21. The molecule has 0 atom stereocenters. The van der Waals surface area contributed by atoms with Crippen LogP contribution < -0.4 is 5.56 Å². The van der Waals surface area contributed by atoms with Crippen molar-refractivity contribution in [1.29, 1.82) is 0 Å². The van der Waals surface area contributed by atoms with E-state index in [1.54, 1.807) is 35.8 Å². The number of hydrogen-bond acceptors (Lipinski definition) is 7. The minimum Gasteiger partial charge on any atom is -0.465 e. The molecule has 33 heavy (non-hydrogen) atoms. The summed E-state index contributed by atoms with van der Waals surface area (Å²) in [6, 6.07) is 14.4. The fourth-order valence-electron chi connectivity index (χ4n) is 3.30. The molecule has 0 unspecified atom stereocenters. The second-order valence-corrected chi connectivity index (χ2v) is 8.39. The van der Waals surface area contributed by atoms with E-state index in [0.717, 1.165) is 5.56 Å². The fourth-order valence-corrected chi connectivity index (χ4v) is 4.27. The lowest BCUT2D eigenvalue weighted by Crippen LogP contribution is -2.29. The smallest absolute Gasteiger partial charge is 0.337 e. The Morgan fingerprint density at radius 2 is 1.88 bits per heavy atom. The van der Waals surface area contributed by atoms with Crippen LogP contribution in [-0.2, 0) is 27.4 Å². The summed E-state index contributed by atoms with van der Waals surface area (Å²) in [7, 11) is 4.65. The Kier molecular flexibility index (Phi) is 8.62. The monoisotopic (exact) mass is 469 g/mol. The topological polar surface area (TPSA) is 90.7 Å². The number of aromatic nitrogens is 2. The molecule has 0 radical (unpaired) electrons. The number of methoxy groups -OCH3 is 2. The van der Waals surface area contributed by atoms with Gasteiger partial charge in [-0.05, 0) is 30.2 Å². The molecular formula is C24H27N3O5S. The van der Waals surface area contributed by atoms with Crippen molar-refractivity contribution < 1.29 is 19.1 Å². The van der Waals surface area contributed by atoms with Gasteiger partial charge in [0.05, 0.1) is 29.3 Å². The van der Waals surface area contributed by atoms with Gasteiger partial charge in [0.25, 0.3) is 5.56 Å². The maximum atomic E-state index is 13.2. The largest absolute Gasteiger partial charge is 0.465 e. The zero-order chi connectivity index (χ0) is 23.8. The van der Waals surface area contributed by atoms with Gasteiger partial charge in [-0.2, -0.15) is 0 Å². The van der Waals surface area contributed by atoms with Crippen molar-refractivity contribution in [3.05, 3.63) is 70.0 Å². The first kappa shape index (κ1) is 24.5. The number of rotatable bonds is 10. The fraction of sp³-hybridized carbons (Fsp3) is 0.333. The maximum absolute atomic E-state index is 13.2. The van der Waals surface area contributed by atoms with Crippen molar-refractivity contribution in [3.8, 4) is 0 Å². The van der Waals surface area contributed by atoms with Crippen molar-refractivity contribution in [2.45, 2.75) is 24.7 Å². The van der Waals surface area contributed by atoms with Crippen LogP contribution in [0.4, 0.5) is 0 Å². The predicted octanol–water partition coefficient (Wildman–Crippen LogP) is 2.97. The van der Waals surface area contributed by atoms with Gasteiger partial charge in [-0.25, -0.2) is 9.78 Å². The lowest BCUT2D eigenvalue weighted by atomic mass is 10.1. The minimum absolute atomic E-state index is 0.0787. The molecule has 1 amide bonds. The van der Waals surface area contributed by atoms with E-state index < -0.39 is 5.97 Å². The van der Waals surface area contributed by atoms with Crippen LogP contribution in [0.3, 0.4) is 0 Å². The Labute approximate surface area is 196 Å². The third-order valence-corrected chi connectivity index (χ3v) is 6.05. The van der Waals surface area contributed by atoms with Gasteiger partial charge in [-0.15, -0.1) is 0 Å². The van der Waals surface area contributed by atoms with Crippen molar-refractivity contribution in [2.75, 3.05) is 33.6 Å². The van der Waals surface area contributed by atoms with E-state index >= 15 is 0 Å². The Morgan fingerprint density at radius 1 is 1.12 bits per heavy atom. The van der Waals surface area contributed by atoms with E-state index in [0.29, 0.717) is 47.7 Å². The number of benzene rings is 2. The molecule has 0 bridgehead atoms. The number of carbonyl (C=O) groups is 2. The molecule has 3 rings (SSSR count). The Morgan fingerprint density at radius 3 is 2.58 bits per heavy atom. The molecule has 0 aliphatic heterocycles. The lowest BCUT2D eigenvalue weighted by molar-refractivity contribution is -0.127. The second kappa shape index (κ2) is 11.6. The highest BCUT2D eigenvalue weighted by Gasteiger charge is 2.17. The normalized spacial score (nSPS) is 10.9. The Hall–Kier alpha value is -3.17. The highest BCUT2D eigenvalue weighted by atomic mass is 32.2. The zero-order valence-corrected chi connectivity index (χ0v) is 19.8. The first-order chi connectivity index (χ1) is 15.9. The van der Waals surface area contributed by atoms with Crippen molar-refractivity contribution in [1.82, 2.24) is 14.5 Å². The molecule has 0 saturated carbocycles. The molecule has 1 heterocycles. The number of nitrogens with zero attached hydrogens (tertiary/aromatic N) is 3. The molecular weight excluding hydrogens is 442 g/mol. The standard InChI is InChI=1S/C24H27N3O5S/c1-26(15-17-8-5-4-6-9-17)21(28)16-33-24-25-20-14-18(23(30)32-3)10-11-19(20)22(29)27(24)12-7-13-31-2/h4-6,8-11,14H,7,12-13,15-16H2,1-3H3. The van der Waals surface area contributed by atoms with Gasteiger partial charge in [-0.3, -0.25) is 14.2 Å². The molecule has 0 aliphatic carbocycles. The van der Waals surface area contributed by atoms with Gasteiger partial charge in [0.1, 0.15) is 0 Å². The summed E-state index contributed by atoms with van der Waals surface area (Å²) >= 11 is 1.20. The summed E-state index contributed by atoms with van der Waals surface area (Å²) in [6.07, 6.45) is 0.624. The quantitative estimate of drug-likeness (QED) is 0.195. The SMILES string of the molecule is COCCCn1c(SCC(=O)N(C)Cc2ccccc2)nc2cc(C(=O)OC)ccc2c1=O. The number of fused-ring (bicyclic) bond motifs is 1. The van der Waals surface area contributed by atoms with Gasteiger partial charge in [-0.1, -0.05) is 42.1 Å². The van der Waals surface area contributed by atoms with Crippen LogP contribution in [0.2, 0.25) is 0 Å². The van der Waals surface area contributed by atoms with Crippen LogP contribution in [0.1, 0.15) is 22.3 Å². The van der Waals surface area contributed by atoms with Crippen LogP contribution in [0, 0.1) is 0 Å². The van der Waals surface area contributed by atoms with Crippen LogP contribution in [0.25, 0.3) is 10.9 Å². The molecule has 0 spiro atoms. The zero-order valence-electron chi connectivity index (χ0n) is 18.9. The van der Waals surface area contributed by atoms with Gasteiger partial charge >= 0.3 is 5.97 Å². The summed E-state index contributed by atoms with van der Waals surface area (Å²) in [5.74, 6) is -0.456. The number of thioether (sulfide) groups is 1. The van der Waals surface area contributed by atoms with Crippen molar-refractivity contribution in [2.24, 2.45) is 0 Å². The van der Waals surface area contributed by atoms with Crippen LogP contribution >= 0.6 is 11.8 Å². The Bertz CT molecular complexity index is 1180. The summed E-state index contributed by atoms with van der Waals surface area (Å²) in [5.41, 5.74) is 1.51. The molecule has 0 fully saturated rings. The minimum atomic E-state index is -0.505. The molecule has 3 aromatic rings. The molecule has 0 aliphatic rings. The second-order valence-electron chi connectivity index (χ2n) is 7.45. The molecule has 0 N–H and O–H groups in total. The van der Waals surface area contributed by atoms with Gasteiger partial charge in [0.15, 0.2) is 5.16 Å². The average Bonchev–Trinajstić information content (AvgIpc) is 2.83. The summed E-state index contributed by atoms with van der Waals surface area (Å²) in [5, 5.41) is 0.823. The van der Waals surface area contributed by atoms with Crippen molar-refractivity contribution in [3.63, 3.8) is 0 Å². The third-order valence-electron chi connectivity index (χ3n) is 5.08. The molecule has 9 heteroatoms. The predicted molar refractivity (Wildman–Crippen MR) is 127 cm³/mol. The number of hydrogen-bond donors (Lipinski definition) is 0. The van der Waals surface area contributed by atoms with Crippen LogP contribution in [0.15, 0.2) is 58.5 Å². The van der Waals surface area contributed by atoms with Gasteiger partial charge < -0.3 is 14.4 Å². The van der Waals surface area contributed by atoms with E-state index in [2.05, 4.69) is 4.98 Å². The summed E-state index contributed by atoms with van der Waals surface area (Å²) in [4.78, 5) is 44.1. The van der Waals surface area contributed by atoms with Crippen LogP contribution in [-0.4, -0.2) is 60.0 Å². The molecule has 1 aromatic heterocycles. The molecule has 174 valence electrons. The van der Waals surface area contributed by atoms with Gasteiger partial charge in [0.2, 0.25) is 5.91 Å². The number of ether oxygens (including phenoxy) is 2. The molecule has 8 nitrogen and oxygen atoms in total. The Balaban J connectivity index is 1.86. The van der Waals surface area contributed by atoms with E-state index in [-0.39, 0.29) is 17.2 Å². The first-order valence-electron chi connectivity index (χ1n) is 10.5. The number of amides is 1. The average molecular weight is 470 g/mol.